The highest BCUT2D eigenvalue weighted by Gasteiger charge is 2.34. The van der Waals surface area contributed by atoms with E-state index in [-0.39, 0.29) is 22.9 Å². The Bertz CT molecular complexity index is 1130. The lowest BCUT2D eigenvalue weighted by molar-refractivity contribution is -0.111. The van der Waals surface area contributed by atoms with Gasteiger partial charge in [-0.15, -0.1) is 0 Å². The molecule has 0 radical (unpaired) electrons. The first-order chi connectivity index (χ1) is 16.8. The van der Waals surface area contributed by atoms with Gasteiger partial charge in [0.25, 0.3) is 0 Å². The third-order valence-corrected chi connectivity index (χ3v) is 4.42. The van der Waals surface area contributed by atoms with E-state index in [1.54, 1.807) is 26.0 Å². The summed E-state index contributed by atoms with van der Waals surface area (Å²) < 4.78 is 51.8. The average Bonchev–Trinajstić information content (AvgIpc) is 2.78. The van der Waals surface area contributed by atoms with Crippen molar-refractivity contribution in [1.82, 2.24) is 5.32 Å². The summed E-state index contributed by atoms with van der Waals surface area (Å²) in [6, 6.07) is 4.48. The van der Waals surface area contributed by atoms with Crippen LogP contribution in [0, 0.1) is 0 Å². The standard InChI is InChI=1S/C26H31F3N4O3/c1-9-25(34)33-24-14-21(36-8)10-11-23(24)31-18(5)22(26(27,28)29)15-30-19(6)32-20(12-16(2)3)13-17(4)35-7/h9-15,31-32H,1-2,6H2,3-5,7-8H3,(H,33,34)/b17-13+,20-12+,22-18-,30-15-. The fourth-order valence-electron chi connectivity index (χ4n) is 2.70. The summed E-state index contributed by atoms with van der Waals surface area (Å²) in [4.78, 5) is 15.6. The lowest BCUT2D eigenvalue weighted by Crippen LogP contribution is -2.19. The molecule has 10 heteroatoms. The highest BCUT2D eigenvalue weighted by atomic mass is 19.4. The number of allylic oxidation sites excluding steroid dienone is 6. The molecule has 0 saturated heterocycles. The van der Waals surface area contributed by atoms with Crippen LogP contribution in [0.4, 0.5) is 24.5 Å². The number of nitrogens with zero attached hydrogens (tertiary/aromatic N) is 1. The lowest BCUT2D eigenvalue weighted by atomic mass is 10.2. The van der Waals surface area contributed by atoms with Crippen LogP contribution in [0.3, 0.4) is 0 Å². The van der Waals surface area contributed by atoms with Crippen LogP contribution in [0.1, 0.15) is 20.8 Å². The quantitative estimate of drug-likeness (QED) is 0.136. The van der Waals surface area contributed by atoms with Gasteiger partial charge >= 0.3 is 6.18 Å². The van der Waals surface area contributed by atoms with Crippen LogP contribution >= 0.6 is 0 Å². The van der Waals surface area contributed by atoms with Gasteiger partial charge in [-0.2, -0.15) is 13.2 Å². The Morgan fingerprint density at radius 1 is 1.06 bits per heavy atom. The van der Waals surface area contributed by atoms with Gasteiger partial charge < -0.3 is 25.4 Å². The third-order valence-electron chi connectivity index (χ3n) is 4.42. The molecule has 0 atom stereocenters. The zero-order valence-electron chi connectivity index (χ0n) is 21.0. The van der Waals surface area contributed by atoms with Crippen LogP contribution in [0.25, 0.3) is 0 Å². The van der Waals surface area contributed by atoms with Crippen molar-refractivity contribution < 1.29 is 27.4 Å². The molecular formula is C26H31F3N4O3. The Kier molecular flexibility index (Phi) is 11.3. The Hall–Kier alpha value is -4.21. The second-order valence-corrected chi connectivity index (χ2v) is 7.50. The second kappa shape index (κ2) is 13.6. The summed E-state index contributed by atoms with van der Waals surface area (Å²) in [6.07, 6.45) is 0.262. The van der Waals surface area contributed by atoms with Gasteiger partial charge in [-0.3, -0.25) is 4.79 Å². The Morgan fingerprint density at radius 3 is 2.25 bits per heavy atom. The molecule has 0 fully saturated rings. The molecule has 0 aliphatic heterocycles. The molecule has 0 aromatic heterocycles. The number of ether oxygens (including phenoxy) is 2. The molecule has 3 N–H and O–H groups in total. The van der Waals surface area contributed by atoms with E-state index in [4.69, 9.17) is 9.47 Å². The van der Waals surface area contributed by atoms with E-state index in [2.05, 4.69) is 40.7 Å². The zero-order valence-corrected chi connectivity index (χ0v) is 21.0. The molecule has 0 unspecified atom stereocenters. The summed E-state index contributed by atoms with van der Waals surface area (Å²) >= 11 is 0. The molecule has 1 rings (SSSR count). The van der Waals surface area contributed by atoms with Gasteiger partial charge in [0.05, 0.1) is 36.9 Å². The maximum absolute atomic E-state index is 13.9. The zero-order chi connectivity index (χ0) is 27.5. The number of nitrogens with one attached hydrogen (secondary N) is 3. The minimum atomic E-state index is -4.74. The van der Waals surface area contributed by atoms with E-state index in [0.29, 0.717) is 29.0 Å². The first-order valence-electron chi connectivity index (χ1n) is 10.6. The van der Waals surface area contributed by atoms with Crippen LogP contribution in [0.2, 0.25) is 0 Å². The molecule has 7 nitrogen and oxygen atoms in total. The SMILES string of the molecule is C=CC(=O)Nc1cc(OC)ccc1N/C(C)=C(/C=N\C(=C)NC(=C/C(=C)C)/C=C(\C)OC)C(F)(F)F. The minimum Gasteiger partial charge on any atom is -0.501 e. The van der Waals surface area contributed by atoms with Gasteiger partial charge in [0.15, 0.2) is 0 Å². The van der Waals surface area contributed by atoms with Gasteiger partial charge in [-0.1, -0.05) is 25.3 Å². The number of rotatable bonds is 12. The van der Waals surface area contributed by atoms with Crippen LogP contribution < -0.4 is 20.7 Å². The smallest absolute Gasteiger partial charge is 0.419 e. The van der Waals surface area contributed by atoms with E-state index in [0.717, 1.165) is 6.08 Å². The molecule has 194 valence electrons. The van der Waals surface area contributed by atoms with Gasteiger partial charge in [-0.25, -0.2) is 4.99 Å². The number of methoxy groups -OCH3 is 2. The van der Waals surface area contributed by atoms with Crippen molar-refractivity contribution in [3.05, 3.63) is 90.3 Å². The molecular weight excluding hydrogens is 473 g/mol. The van der Waals surface area contributed by atoms with Crippen LogP contribution in [0.15, 0.2) is 95.3 Å². The molecule has 0 aliphatic rings. The Morgan fingerprint density at radius 2 is 1.72 bits per heavy atom. The number of amides is 1. The maximum atomic E-state index is 13.9. The van der Waals surface area contributed by atoms with Gasteiger partial charge in [-0.05, 0) is 51.1 Å². The first kappa shape index (κ1) is 29.8. The molecule has 1 aromatic rings. The van der Waals surface area contributed by atoms with Crippen LogP contribution in [-0.2, 0) is 9.53 Å². The molecule has 0 aliphatic carbocycles. The number of alkyl halides is 3. The molecule has 0 saturated carbocycles. The molecule has 1 amide bonds. The van der Waals surface area contributed by atoms with E-state index < -0.39 is 17.7 Å². The number of hydrogen-bond donors (Lipinski definition) is 3. The second-order valence-electron chi connectivity index (χ2n) is 7.50. The summed E-state index contributed by atoms with van der Waals surface area (Å²) in [5, 5.41) is 8.05. The van der Waals surface area contributed by atoms with E-state index in [1.165, 1.54) is 39.3 Å². The topological polar surface area (TPSA) is 84.0 Å². The molecule has 1 aromatic carbocycles. The Balaban J connectivity index is 3.32. The number of anilines is 2. The van der Waals surface area contributed by atoms with E-state index >= 15 is 0 Å². The largest absolute Gasteiger partial charge is 0.501 e. The van der Waals surface area contributed by atoms with Crippen molar-refractivity contribution in [1.29, 1.82) is 0 Å². The highest BCUT2D eigenvalue weighted by molar-refractivity contribution is 6.01. The molecule has 36 heavy (non-hydrogen) atoms. The predicted octanol–water partition coefficient (Wildman–Crippen LogP) is 6.21. The maximum Gasteiger partial charge on any atom is 0.419 e. The molecule has 0 bridgehead atoms. The van der Waals surface area contributed by atoms with Crippen molar-refractivity contribution in [3.8, 4) is 5.75 Å². The van der Waals surface area contributed by atoms with Gasteiger partial charge in [0.2, 0.25) is 5.91 Å². The number of carbonyl (C=O) groups excluding carboxylic acids is 1. The van der Waals surface area contributed by atoms with Crippen molar-refractivity contribution in [2.24, 2.45) is 4.99 Å². The fraction of sp³-hybridized carbons (Fsp3) is 0.231. The van der Waals surface area contributed by atoms with Gasteiger partial charge in [0.1, 0.15) is 11.6 Å². The van der Waals surface area contributed by atoms with Crippen molar-refractivity contribution in [2.45, 2.75) is 26.9 Å². The van der Waals surface area contributed by atoms with Crippen molar-refractivity contribution in [3.63, 3.8) is 0 Å². The number of benzene rings is 1. The number of aliphatic imine (C=N–C) groups is 1. The van der Waals surface area contributed by atoms with Crippen LogP contribution in [0.5, 0.6) is 5.75 Å². The van der Waals surface area contributed by atoms with E-state index in [1.807, 2.05) is 0 Å². The third kappa shape index (κ3) is 9.96. The fourth-order valence-corrected chi connectivity index (χ4v) is 2.70. The Labute approximate surface area is 209 Å². The lowest BCUT2D eigenvalue weighted by Gasteiger charge is -2.17. The number of halogens is 3. The number of hydrogen-bond acceptors (Lipinski definition) is 6. The summed E-state index contributed by atoms with van der Waals surface area (Å²) in [7, 11) is 2.92. The molecule has 0 spiro atoms. The number of carbonyl (C=O) groups is 1. The first-order valence-corrected chi connectivity index (χ1v) is 10.6. The molecule has 0 heterocycles. The monoisotopic (exact) mass is 504 g/mol. The highest BCUT2D eigenvalue weighted by Crippen LogP contribution is 2.32. The summed E-state index contributed by atoms with van der Waals surface area (Å²) in [6.45, 7) is 15.6. The summed E-state index contributed by atoms with van der Waals surface area (Å²) in [5.41, 5.74) is 0.296. The van der Waals surface area contributed by atoms with Crippen molar-refractivity contribution >= 4 is 23.5 Å². The minimum absolute atomic E-state index is 0.0411. The van der Waals surface area contributed by atoms with Crippen molar-refractivity contribution in [2.75, 3.05) is 24.9 Å². The predicted molar refractivity (Wildman–Crippen MR) is 139 cm³/mol. The van der Waals surface area contributed by atoms with Crippen LogP contribution in [-0.4, -0.2) is 32.5 Å². The summed E-state index contributed by atoms with van der Waals surface area (Å²) in [5.74, 6) is 0.379. The average molecular weight is 505 g/mol. The van der Waals surface area contributed by atoms with Gasteiger partial charge in [0, 0.05) is 23.7 Å². The van der Waals surface area contributed by atoms with E-state index in [9.17, 15) is 18.0 Å². The normalized spacial score (nSPS) is 13.0.